The predicted octanol–water partition coefficient (Wildman–Crippen LogP) is 3.30. The summed E-state index contributed by atoms with van der Waals surface area (Å²) in [6.45, 7) is 2.29. The molecule has 0 aliphatic carbocycles. The van der Waals surface area contributed by atoms with Crippen molar-refractivity contribution in [2.75, 3.05) is 5.75 Å². The van der Waals surface area contributed by atoms with E-state index in [2.05, 4.69) is 15.5 Å². The Kier molecular flexibility index (Phi) is 7.11. The molecule has 174 valence electrons. The van der Waals surface area contributed by atoms with Crippen LogP contribution in [0.15, 0.2) is 88.9 Å². The van der Waals surface area contributed by atoms with E-state index in [4.69, 9.17) is 5.14 Å². The van der Waals surface area contributed by atoms with Crippen molar-refractivity contribution in [3.63, 3.8) is 0 Å². The third-order valence-electron chi connectivity index (χ3n) is 5.03. The summed E-state index contributed by atoms with van der Waals surface area (Å²) in [6, 6.07) is 23.9. The Morgan fingerprint density at radius 2 is 1.65 bits per heavy atom. The molecule has 0 atom stereocenters. The van der Waals surface area contributed by atoms with Gasteiger partial charge in [0.2, 0.25) is 15.9 Å². The van der Waals surface area contributed by atoms with Crippen molar-refractivity contribution >= 4 is 27.7 Å². The summed E-state index contributed by atoms with van der Waals surface area (Å²) in [5.74, 6) is 0.663. The molecule has 1 heterocycles. The first kappa shape index (κ1) is 23.7. The van der Waals surface area contributed by atoms with Gasteiger partial charge in [-0.05, 0) is 36.8 Å². The van der Waals surface area contributed by atoms with Gasteiger partial charge in [-0.2, -0.15) is 0 Å². The van der Waals surface area contributed by atoms with E-state index in [0.29, 0.717) is 11.0 Å². The summed E-state index contributed by atoms with van der Waals surface area (Å²) in [7, 11) is -3.74. The average Bonchev–Trinajstić information content (AvgIpc) is 3.26. The number of nitrogens with one attached hydrogen (secondary N) is 1. The molecule has 0 fully saturated rings. The highest BCUT2D eigenvalue weighted by Gasteiger charge is 2.17. The molecule has 3 aromatic carbocycles. The van der Waals surface area contributed by atoms with Gasteiger partial charge in [0, 0.05) is 17.8 Å². The summed E-state index contributed by atoms with van der Waals surface area (Å²) in [4.78, 5) is 12.5. The Morgan fingerprint density at radius 3 is 2.29 bits per heavy atom. The third-order valence-corrected chi connectivity index (χ3v) is 6.89. The number of sulfonamides is 1. The van der Waals surface area contributed by atoms with Crippen molar-refractivity contribution in [1.82, 2.24) is 20.1 Å². The van der Waals surface area contributed by atoms with Crippen LogP contribution >= 0.6 is 11.8 Å². The second-order valence-corrected chi connectivity index (χ2v) is 10.1. The molecule has 0 radical (unpaired) electrons. The zero-order chi connectivity index (χ0) is 24.1. The topological polar surface area (TPSA) is 120 Å². The van der Waals surface area contributed by atoms with E-state index in [1.807, 2.05) is 66.1 Å². The van der Waals surface area contributed by atoms with Gasteiger partial charge in [0.15, 0.2) is 11.0 Å². The molecule has 8 nitrogen and oxygen atoms in total. The van der Waals surface area contributed by atoms with Crippen LogP contribution in [0, 0.1) is 6.92 Å². The molecule has 0 aliphatic rings. The quantitative estimate of drug-likeness (QED) is 0.364. The fourth-order valence-corrected chi connectivity index (χ4v) is 4.54. The van der Waals surface area contributed by atoms with E-state index >= 15 is 0 Å². The van der Waals surface area contributed by atoms with Crippen LogP contribution in [0.4, 0.5) is 0 Å². The van der Waals surface area contributed by atoms with Crippen molar-refractivity contribution in [3.05, 3.63) is 90.0 Å². The van der Waals surface area contributed by atoms with Crippen LogP contribution in [-0.4, -0.2) is 34.8 Å². The minimum absolute atomic E-state index is 0.0304. The van der Waals surface area contributed by atoms with E-state index < -0.39 is 10.0 Å². The standard InChI is InChI=1S/C24H23N5O3S2/c1-17-7-11-20(12-8-17)29-23(19-5-3-2-4-6-19)27-28-24(29)33-16-22(30)26-15-18-9-13-21(14-10-18)34(25,31)32/h2-14H,15-16H2,1H3,(H,26,30)(H2,25,31,32). The lowest BCUT2D eigenvalue weighted by Crippen LogP contribution is -2.24. The summed E-state index contributed by atoms with van der Waals surface area (Å²) in [6.07, 6.45) is 0. The van der Waals surface area contributed by atoms with Crippen molar-refractivity contribution < 1.29 is 13.2 Å². The van der Waals surface area contributed by atoms with Gasteiger partial charge in [0.05, 0.1) is 10.6 Å². The predicted molar refractivity (Wildman–Crippen MR) is 132 cm³/mol. The molecule has 0 bridgehead atoms. The Balaban J connectivity index is 1.47. The van der Waals surface area contributed by atoms with E-state index in [9.17, 15) is 13.2 Å². The first-order valence-corrected chi connectivity index (χ1v) is 12.9. The molecule has 3 N–H and O–H groups in total. The zero-order valence-electron chi connectivity index (χ0n) is 18.4. The first-order valence-electron chi connectivity index (χ1n) is 10.4. The number of thioether (sulfide) groups is 1. The van der Waals surface area contributed by atoms with Gasteiger partial charge < -0.3 is 5.32 Å². The second-order valence-electron chi connectivity index (χ2n) is 7.60. The summed E-state index contributed by atoms with van der Waals surface area (Å²) in [5, 5.41) is 17.3. The van der Waals surface area contributed by atoms with Crippen LogP contribution in [0.1, 0.15) is 11.1 Å². The number of benzene rings is 3. The van der Waals surface area contributed by atoms with Crippen molar-refractivity contribution in [2.24, 2.45) is 5.14 Å². The number of carbonyl (C=O) groups is 1. The normalized spacial score (nSPS) is 11.4. The molecular formula is C24H23N5O3S2. The van der Waals surface area contributed by atoms with E-state index in [1.165, 1.54) is 23.9 Å². The number of rotatable bonds is 8. The number of primary sulfonamides is 1. The maximum absolute atomic E-state index is 12.5. The van der Waals surface area contributed by atoms with Crippen LogP contribution in [-0.2, 0) is 21.4 Å². The minimum Gasteiger partial charge on any atom is -0.351 e. The Labute approximate surface area is 202 Å². The maximum atomic E-state index is 12.5. The average molecular weight is 494 g/mol. The molecule has 1 aromatic heterocycles. The Hall–Kier alpha value is -3.47. The van der Waals surface area contributed by atoms with E-state index in [-0.39, 0.29) is 23.1 Å². The van der Waals surface area contributed by atoms with Crippen molar-refractivity contribution in [1.29, 1.82) is 0 Å². The lowest BCUT2D eigenvalue weighted by atomic mass is 10.2. The third kappa shape index (κ3) is 5.71. The molecule has 0 saturated carbocycles. The van der Waals surface area contributed by atoms with Crippen LogP contribution < -0.4 is 10.5 Å². The number of nitrogens with zero attached hydrogens (tertiary/aromatic N) is 3. The number of aromatic nitrogens is 3. The van der Waals surface area contributed by atoms with Crippen molar-refractivity contribution in [3.8, 4) is 17.1 Å². The molecule has 0 aliphatic heterocycles. The number of nitrogens with two attached hydrogens (primary N) is 1. The highest BCUT2D eigenvalue weighted by molar-refractivity contribution is 7.99. The van der Waals surface area contributed by atoms with Gasteiger partial charge in [0.1, 0.15) is 0 Å². The van der Waals surface area contributed by atoms with Crippen LogP contribution in [0.2, 0.25) is 0 Å². The summed E-state index contributed by atoms with van der Waals surface area (Å²) < 4.78 is 24.7. The molecule has 0 saturated heterocycles. The van der Waals surface area contributed by atoms with Crippen LogP contribution in [0.5, 0.6) is 0 Å². The number of aryl methyl sites for hydroxylation is 1. The molecule has 0 spiro atoms. The van der Waals surface area contributed by atoms with Gasteiger partial charge in [-0.15, -0.1) is 10.2 Å². The molecule has 1 amide bonds. The van der Waals surface area contributed by atoms with E-state index in [1.54, 1.807) is 12.1 Å². The highest BCUT2D eigenvalue weighted by Crippen LogP contribution is 2.28. The molecule has 4 aromatic rings. The first-order chi connectivity index (χ1) is 16.3. The maximum Gasteiger partial charge on any atom is 0.238 e. The summed E-state index contributed by atoms with van der Waals surface area (Å²) >= 11 is 1.29. The molecule has 4 rings (SSSR count). The van der Waals surface area contributed by atoms with Gasteiger partial charge in [-0.25, -0.2) is 13.6 Å². The lowest BCUT2D eigenvalue weighted by molar-refractivity contribution is -0.118. The SMILES string of the molecule is Cc1ccc(-n2c(SCC(=O)NCc3ccc(S(N)(=O)=O)cc3)nnc2-c2ccccc2)cc1. The molecule has 10 heteroatoms. The van der Waals surface area contributed by atoms with Crippen LogP contribution in [0.25, 0.3) is 17.1 Å². The molecule has 34 heavy (non-hydrogen) atoms. The van der Waals surface area contributed by atoms with Gasteiger partial charge in [0.25, 0.3) is 0 Å². The Morgan fingerprint density at radius 1 is 0.971 bits per heavy atom. The smallest absolute Gasteiger partial charge is 0.238 e. The van der Waals surface area contributed by atoms with E-state index in [0.717, 1.165) is 22.4 Å². The summed E-state index contributed by atoms with van der Waals surface area (Å²) in [5.41, 5.74) is 3.74. The molecule has 0 unspecified atom stereocenters. The minimum atomic E-state index is -3.74. The number of carbonyl (C=O) groups excluding carboxylic acids is 1. The largest absolute Gasteiger partial charge is 0.351 e. The fraction of sp³-hybridized carbons (Fsp3) is 0.125. The monoisotopic (exact) mass is 493 g/mol. The van der Waals surface area contributed by atoms with Gasteiger partial charge in [-0.1, -0.05) is 71.9 Å². The Bertz CT molecular complexity index is 1390. The van der Waals surface area contributed by atoms with Gasteiger partial charge >= 0.3 is 0 Å². The lowest BCUT2D eigenvalue weighted by Gasteiger charge is -2.11. The molecular weight excluding hydrogens is 470 g/mol. The highest BCUT2D eigenvalue weighted by atomic mass is 32.2. The number of hydrogen-bond acceptors (Lipinski definition) is 6. The fourth-order valence-electron chi connectivity index (χ4n) is 3.24. The van der Waals surface area contributed by atoms with Crippen molar-refractivity contribution in [2.45, 2.75) is 23.5 Å². The van der Waals surface area contributed by atoms with Gasteiger partial charge in [-0.3, -0.25) is 9.36 Å². The second kappa shape index (κ2) is 10.2. The van der Waals surface area contributed by atoms with Crippen LogP contribution in [0.3, 0.4) is 0 Å². The number of amides is 1. The zero-order valence-corrected chi connectivity index (χ0v) is 20.0. The number of hydrogen-bond donors (Lipinski definition) is 2.